The normalized spacial score (nSPS) is 17.4. The van der Waals surface area contributed by atoms with Gasteiger partial charge in [-0.2, -0.15) is 0 Å². The molecule has 0 spiro atoms. The van der Waals surface area contributed by atoms with E-state index in [9.17, 15) is 35.6 Å². The van der Waals surface area contributed by atoms with Crippen LogP contribution in [0.1, 0.15) is 97.3 Å². The molecule has 1 saturated heterocycles. The van der Waals surface area contributed by atoms with Crippen LogP contribution in [0.15, 0.2) is 0 Å². The highest BCUT2D eigenvalue weighted by Gasteiger charge is 2.47. The van der Waals surface area contributed by atoms with Crippen molar-refractivity contribution in [3.05, 3.63) is 0 Å². The Morgan fingerprint density at radius 1 is 0.672 bits per heavy atom. The lowest BCUT2D eigenvalue weighted by Gasteiger charge is -2.41. The van der Waals surface area contributed by atoms with Crippen LogP contribution in [0.2, 0.25) is 0 Å². The van der Waals surface area contributed by atoms with E-state index in [0.717, 1.165) is 25.7 Å². The summed E-state index contributed by atoms with van der Waals surface area (Å²) in [5, 5.41) is 68.8. The minimum absolute atomic E-state index is 0.0217. The Labute approximate surface area is 382 Å². The first-order valence-corrected chi connectivity index (χ1v) is 21.1. The van der Waals surface area contributed by atoms with Gasteiger partial charge in [-0.15, -0.1) is 4.33 Å². The highest BCUT2D eigenvalue weighted by molar-refractivity contribution is 7.89. The number of ether oxygens (including phenoxy) is 2. The summed E-state index contributed by atoms with van der Waals surface area (Å²) >= 11 is 0.0217. The number of rotatable bonds is 24. The average Bonchev–Trinajstić information content (AvgIpc) is 3.29. The number of carbonyl (C=O) groups is 1. The second kappa shape index (κ2) is 39.9. The van der Waals surface area contributed by atoms with Gasteiger partial charge in [0, 0.05) is 41.4 Å². The molecule has 6 N–H and O–H groups in total. The third kappa shape index (κ3) is 28.7. The van der Waals surface area contributed by atoms with Gasteiger partial charge in [0.15, 0.2) is 18.6 Å². The Balaban J connectivity index is 2.85. The van der Waals surface area contributed by atoms with Gasteiger partial charge < -0.3 is 45.6 Å². The lowest BCUT2D eigenvalue weighted by Crippen LogP contribution is -2.60. The Bertz CT molecular complexity index is 2230. The average molecular weight is 889 g/mol. The molecule has 1 rings (SSSR count). The van der Waals surface area contributed by atoms with Gasteiger partial charge in [0.1, 0.15) is 30.5 Å². The fourth-order valence-corrected chi connectivity index (χ4v) is 5.79. The first-order chi connectivity index (χ1) is 31.3. The van der Waals surface area contributed by atoms with Crippen LogP contribution in [-0.2, 0) is 27.8 Å². The van der Waals surface area contributed by atoms with Crippen LogP contribution >= 0.6 is 12.3 Å². The zero-order valence-corrected chi connectivity index (χ0v) is 36.5. The molecule has 0 saturated carbocycles. The quantitative estimate of drug-likeness (QED) is 0.0264. The van der Waals surface area contributed by atoms with Gasteiger partial charge in [0.25, 0.3) is 5.91 Å². The number of aliphatic hydroxyl groups excluding tert-OH is 5. The maximum atomic E-state index is 12.8. The van der Waals surface area contributed by atoms with Crippen LogP contribution in [-0.4, -0.2) is 93.6 Å². The van der Waals surface area contributed by atoms with Gasteiger partial charge in [0.05, 0.1) is 25.4 Å². The summed E-state index contributed by atoms with van der Waals surface area (Å²) in [6.45, 7) is 2.63. The number of hydrogen-bond acceptors (Lipinski definition) is 13. The van der Waals surface area contributed by atoms with Gasteiger partial charge in [0.2, 0.25) is 0 Å². The second-order valence-corrected chi connectivity index (χ2v) is 13.7. The number of hydrogen-bond donors (Lipinski definition) is 6. The molecule has 8 atom stereocenters. The van der Waals surface area contributed by atoms with Gasteiger partial charge in [-0.1, -0.05) is 89.9 Å². The maximum Gasteiger partial charge on any atom is 0.297 e. The first kappa shape index (κ1) is 56.1. The molecule has 64 heavy (non-hydrogen) atoms. The zero-order valence-electron chi connectivity index (χ0n) is 35.7. The third-order valence-corrected chi connectivity index (χ3v) is 8.97. The Hall–Kier alpha value is -5.90. The molecule has 0 aromatic heterocycles. The minimum atomic E-state index is -1.72. The van der Waals surface area contributed by atoms with Crippen LogP contribution in [0.25, 0.3) is 0 Å². The maximum absolute atomic E-state index is 12.8. The SMILES string of the molecule is CC#CC#CC#CC#CC#CC#CC#CC#CC#CC#CC#CC#CC(=O)N[C@@H](COC1OC(CO)C(O)C(OSOO[O-])C1O)[C@H](O)[C@H](O)CCCCCCCCCCCCCC. The summed E-state index contributed by atoms with van der Waals surface area (Å²) < 4.78 is 20.2. The van der Waals surface area contributed by atoms with E-state index in [4.69, 9.17) is 13.7 Å². The summed E-state index contributed by atoms with van der Waals surface area (Å²) in [5.74, 6) is 58.3. The molecule has 0 radical (unpaired) electrons. The van der Waals surface area contributed by atoms with Crippen LogP contribution in [0.3, 0.4) is 0 Å². The van der Waals surface area contributed by atoms with E-state index in [0.29, 0.717) is 6.42 Å². The first-order valence-electron chi connectivity index (χ1n) is 20.4. The zero-order chi connectivity index (χ0) is 46.7. The summed E-state index contributed by atoms with van der Waals surface area (Å²) in [5.41, 5.74) is 0. The van der Waals surface area contributed by atoms with Crippen molar-refractivity contribution < 1.29 is 58.6 Å². The van der Waals surface area contributed by atoms with Crippen LogP contribution in [0.5, 0.6) is 0 Å². The van der Waals surface area contributed by atoms with Crippen LogP contribution in [0.4, 0.5) is 0 Å². The minimum Gasteiger partial charge on any atom is -0.691 e. The molecule has 5 unspecified atom stereocenters. The summed E-state index contributed by atoms with van der Waals surface area (Å²) in [6, 6.07) is -1.28. The number of nitrogens with one attached hydrogen (secondary N) is 1. The third-order valence-electron chi connectivity index (χ3n) is 8.56. The topological polar surface area (TPSA) is 199 Å². The smallest absolute Gasteiger partial charge is 0.297 e. The van der Waals surface area contributed by atoms with E-state index in [1.165, 1.54) is 44.9 Å². The van der Waals surface area contributed by atoms with E-state index in [1.807, 2.05) is 0 Å². The molecule has 1 aliphatic rings. The molecule has 0 aromatic rings. The van der Waals surface area contributed by atoms with E-state index < -0.39 is 68.1 Å². The van der Waals surface area contributed by atoms with E-state index in [-0.39, 0.29) is 18.7 Å². The van der Waals surface area contributed by atoms with Crippen molar-refractivity contribution in [2.24, 2.45) is 0 Å². The predicted octanol–water partition coefficient (Wildman–Crippen LogP) is 0.972. The Kier molecular flexibility index (Phi) is 35.0. The van der Waals surface area contributed by atoms with Gasteiger partial charge >= 0.3 is 0 Å². The molecule has 1 aliphatic heterocycles. The molecule has 0 aromatic carbocycles. The number of unbranched alkanes of at least 4 members (excludes halogenated alkanes) is 11. The van der Waals surface area contributed by atoms with E-state index in [1.54, 1.807) is 6.92 Å². The van der Waals surface area contributed by atoms with Crippen molar-refractivity contribution >= 4 is 18.2 Å². The molecule has 0 aliphatic carbocycles. The fraction of sp³-hybridized carbons (Fsp3) is 0.500. The molecule has 334 valence electrons. The molecule has 13 nitrogen and oxygen atoms in total. The number of aliphatic hydroxyl groups is 5. The van der Waals surface area contributed by atoms with Gasteiger partial charge in [-0.3, -0.25) is 14.0 Å². The van der Waals surface area contributed by atoms with E-state index in [2.05, 4.69) is 164 Å². The van der Waals surface area contributed by atoms with Crippen LogP contribution < -0.4 is 10.6 Å². The van der Waals surface area contributed by atoms with Crippen molar-refractivity contribution in [3.63, 3.8) is 0 Å². The number of amides is 1. The fourth-order valence-electron chi connectivity index (χ4n) is 5.41. The highest BCUT2D eigenvalue weighted by Crippen LogP contribution is 2.28. The molecule has 1 fully saturated rings. The van der Waals surface area contributed by atoms with Gasteiger partial charge in [-0.05, 0) is 108 Å². The van der Waals surface area contributed by atoms with Crippen molar-refractivity contribution in [3.8, 4) is 142 Å². The highest BCUT2D eigenvalue weighted by atomic mass is 32.2. The molecular formula is C50H50NO12S-. The predicted molar refractivity (Wildman–Crippen MR) is 237 cm³/mol. The number of carbonyl (C=O) groups excluding carboxylic acids is 1. The standard InChI is InChI=1S/C50H51NO12S/c1-3-5-7-9-11-13-15-17-18-19-20-21-22-23-24-25-26-27-29-31-33-35-37-39-45(54)51-42(41-59-50-48(57)49(61-64-63-62-58)47(56)44(40-52)60-50)46(55)43(53)38-36-34-32-30-28-16-14-12-10-8-6-4-2/h42-44,46-50,52-53,55-58H,4,6,8,10,12,14,16,28,30,32,34,36,38,40-41H2,1-2H3,(H,51,54)/p-1/t42-,43+,44?,46-,47?,48?,49?,50?/m0/s1. The Morgan fingerprint density at radius 2 is 1.11 bits per heavy atom. The van der Waals surface area contributed by atoms with E-state index >= 15 is 0 Å². The lowest BCUT2D eigenvalue weighted by atomic mass is 9.98. The van der Waals surface area contributed by atoms with Gasteiger partial charge in [-0.25, -0.2) is 0 Å². The summed E-state index contributed by atoms with van der Waals surface area (Å²) in [6.07, 6.45) is 3.19. The molecular weight excluding hydrogens is 839 g/mol. The van der Waals surface area contributed by atoms with Crippen molar-refractivity contribution in [1.29, 1.82) is 0 Å². The largest absolute Gasteiger partial charge is 0.691 e. The van der Waals surface area contributed by atoms with Crippen molar-refractivity contribution in [2.45, 2.75) is 146 Å². The van der Waals surface area contributed by atoms with Crippen molar-refractivity contribution in [2.75, 3.05) is 13.2 Å². The van der Waals surface area contributed by atoms with Crippen LogP contribution in [0, 0.1) is 142 Å². The van der Waals surface area contributed by atoms with Crippen molar-refractivity contribution in [1.82, 2.24) is 5.32 Å². The lowest BCUT2D eigenvalue weighted by molar-refractivity contribution is -0.777. The Morgan fingerprint density at radius 3 is 1.55 bits per heavy atom. The second-order valence-electron chi connectivity index (χ2n) is 13.2. The molecule has 1 heterocycles. The summed E-state index contributed by atoms with van der Waals surface area (Å²) in [7, 11) is 0. The molecule has 0 bridgehead atoms. The molecule has 1 amide bonds. The molecule has 14 heteroatoms. The monoisotopic (exact) mass is 888 g/mol. The summed E-state index contributed by atoms with van der Waals surface area (Å²) in [4.78, 5) is 12.8.